The molecule has 2 fully saturated rings. The molecule has 0 spiro atoms. The van der Waals surface area contributed by atoms with Crippen LogP contribution in [0.2, 0.25) is 5.15 Å². The second-order valence-electron chi connectivity index (χ2n) is 7.31. The minimum Gasteiger partial charge on any atom is -0.465 e. The molecule has 3 rings (SSSR count). The van der Waals surface area contributed by atoms with Crippen LogP contribution < -0.4 is 4.90 Å². The quantitative estimate of drug-likeness (QED) is 0.805. The Morgan fingerprint density at radius 2 is 2.18 bits per heavy atom. The van der Waals surface area contributed by atoms with Gasteiger partial charge in [-0.1, -0.05) is 32.4 Å². The highest BCUT2D eigenvalue weighted by molar-refractivity contribution is 6.29. The van der Waals surface area contributed by atoms with Crippen LogP contribution in [0.1, 0.15) is 27.2 Å². The lowest BCUT2D eigenvalue weighted by molar-refractivity contribution is -0.0311. The Labute approximate surface area is 135 Å². The molecule has 6 heteroatoms. The van der Waals surface area contributed by atoms with Crippen molar-refractivity contribution in [3.8, 4) is 0 Å². The molecule has 0 aromatic carbocycles. The molecule has 0 aliphatic carbocycles. The fraction of sp³-hybridized carbons (Fsp3) is 0.625. The zero-order valence-corrected chi connectivity index (χ0v) is 14.0. The van der Waals surface area contributed by atoms with Crippen molar-refractivity contribution < 1.29 is 9.90 Å². The maximum absolute atomic E-state index is 11.5. The Kier molecular flexibility index (Phi) is 3.51. The van der Waals surface area contributed by atoms with Crippen molar-refractivity contribution in [1.82, 2.24) is 9.88 Å². The lowest BCUT2D eigenvalue weighted by atomic mass is 9.57. The average Bonchev–Trinajstić information content (AvgIpc) is 2.40. The standard InChI is InChI=1S/C16H22ClN3O2/c1-15(2,3)16-10-19(14(21)22)7-6-11(16)9-20(16)12-4-5-13(17)18-8-12/h4-5,8,11H,6-7,9-10H2,1-3H3,(H,21,22)/t11-,16+/m0/s1. The van der Waals surface area contributed by atoms with Gasteiger partial charge in [0.15, 0.2) is 0 Å². The lowest BCUT2D eigenvalue weighted by Gasteiger charge is -2.68. The summed E-state index contributed by atoms with van der Waals surface area (Å²) < 4.78 is 0. The first kappa shape index (κ1) is 15.4. The number of aromatic nitrogens is 1. The van der Waals surface area contributed by atoms with Gasteiger partial charge < -0.3 is 14.9 Å². The van der Waals surface area contributed by atoms with Gasteiger partial charge in [0.05, 0.1) is 17.4 Å². The number of halogens is 1. The molecule has 0 saturated carbocycles. The van der Waals surface area contributed by atoms with Crippen LogP contribution in [-0.2, 0) is 0 Å². The summed E-state index contributed by atoms with van der Waals surface area (Å²) in [4.78, 5) is 19.5. The maximum atomic E-state index is 11.5. The molecular weight excluding hydrogens is 302 g/mol. The Morgan fingerprint density at radius 1 is 1.45 bits per heavy atom. The number of fused-ring (bicyclic) bond motifs is 1. The lowest BCUT2D eigenvalue weighted by Crippen LogP contribution is -2.79. The summed E-state index contributed by atoms with van der Waals surface area (Å²) in [6.07, 6.45) is 1.87. The van der Waals surface area contributed by atoms with E-state index in [-0.39, 0.29) is 11.0 Å². The third-order valence-corrected chi connectivity index (χ3v) is 5.56. The Morgan fingerprint density at radius 3 is 2.73 bits per heavy atom. The highest BCUT2D eigenvalue weighted by atomic mass is 35.5. The van der Waals surface area contributed by atoms with Crippen LogP contribution in [0.4, 0.5) is 10.5 Å². The SMILES string of the molecule is CC(C)(C)[C@@]12CN(C(=O)O)CC[C@H]1CN2c1ccc(Cl)nc1. The molecule has 2 aliphatic rings. The molecule has 1 N–H and O–H groups in total. The van der Waals surface area contributed by atoms with Crippen molar-refractivity contribution in [1.29, 1.82) is 0 Å². The minimum absolute atomic E-state index is 0.0380. The monoisotopic (exact) mass is 323 g/mol. The van der Waals surface area contributed by atoms with Gasteiger partial charge in [-0.3, -0.25) is 0 Å². The van der Waals surface area contributed by atoms with E-state index in [0.717, 1.165) is 18.7 Å². The van der Waals surface area contributed by atoms with E-state index in [4.69, 9.17) is 11.6 Å². The van der Waals surface area contributed by atoms with E-state index in [0.29, 0.717) is 24.2 Å². The van der Waals surface area contributed by atoms with E-state index in [2.05, 4.69) is 30.7 Å². The van der Waals surface area contributed by atoms with Gasteiger partial charge in [-0.25, -0.2) is 9.78 Å². The number of piperidine rings is 1. The van der Waals surface area contributed by atoms with Crippen LogP contribution in [0.5, 0.6) is 0 Å². The first-order valence-corrected chi connectivity index (χ1v) is 8.00. The van der Waals surface area contributed by atoms with Gasteiger partial charge in [-0.05, 0) is 24.0 Å². The van der Waals surface area contributed by atoms with Crippen molar-refractivity contribution in [2.24, 2.45) is 11.3 Å². The molecule has 0 bridgehead atoms. The van der Waals surface area contributed by atoms with Gasteiger partial charge in [0.2, 0.25) is 0 Å². The van der Waals surface area contributed by atoms with E-state index >= 15 is 0 Å². The van der Waals surface area contributed by atoms with Crippen LogP contribution in [-0.4, -0.2) is 46.3 Å². The number of nitrogens with zero attached hydrogens (tertiary/aromatic N) is 3. The van der Waals surface area contributed by atoms with Crippen molar-refractivity contribution >= 4 is 23.4 Å². The van der Waals surface area contributed by atoms with E-state index in [9.17, 15) is 9.90 Å². The van der Waals surface area contributed by atoms with E-state index in [1.807, 2.05) is 6.07 Å². The van der Waals surface area contributed by atoms with Gasteiger partial charge in [-0.2, -0.15) is 0 Å². The zero-order chi connectivity index (χ0) is 16.1. The van der Waals surface area contributed by atoms with E-state index < -0.39 is 6.09 Å². The van der Waals surface area contributed by atoms with Crippen molar-refractivity contribution in [2.75, 3.05) is 24.5 Å². The first-order chi connectivity index (χ1) is 10.3. The Bertz CT molecular complexity index is 584. The Balaban J connectivity index is 1.98. The first-order valence-electron chi connectivity index (χ1n) is 7.63. The molecule has 3 heterocycles. The van der Waals surface area contributed by atoms with Crippen LogP contribution in [0.15, 0.2) is 18.3 Å². The zero-order valence-electron chi connectivity index (χ0n) is 13.2. The van der Waals surface area contributed by atoms with Gasteiger partial charge in [0.25, 0.3) is 0 Å². The number of rotatable bonds is 1. The molecule has 0 radical (unpaired) electrons. The normalized spacial score (nSPS) is 28.1. The summed E-state index contributed by atoms with van der Waals surface area (Å²) in [5, 5.41) is 9.89. The molecule has 5 nitrogen and oxygen atoms in total. The molecule has 120 valence electrons. The van der Waals surface area contributed by atoms with Gasteiger partial charge in [-0.15, -0.1) is 0 Å². The number of likely N-dealkylation sites (tertiary alicyclic amines) is 1. The highest BCUT2D eigenvalue weighted by Gasteiger charge is 2.62. The predicted octanol–water partition coefficient (Wildman–Crippen LogP) is 3.34. The maximum Gasteiger partial charge on any atom is 0.407 e. The number of hydrogen-bond acceptors (Lipinski definition) is 3. The fourth-order valence-corrected chi connectivity index (χ4v) is 4.26. The topological polar surface area (TPSA) is 56.7 Å². The van der Waals surface area contributed by atoms with Crippen LogP contribution >= 0.6 is 11.6 Å². The summed E-state index contributed by atoms with van der Waals surface area (Å²) in [5.41, 5.74) is 0.797. The van der Waals surface area contributed by atoms with Gasteiger partial charge in [0.1, 0.15) is 5.15 Å². The molecule has 22 heavy (non-hydrogen) atoms. The smallest absolute Gasteiger partial charge is 0.407 e. The van der Waals surface area contributed by atoms with Crippen LogP contribution in [0.3, 0.4) is 0 Å². The second kappa shape index (κ2) is 5.01. The number of anilines is 1. The molecular formula is C16H22ClN3O2. The summed E-state index contributed by atoms with van der Waals surface area (Å²) in [6, 6.07) is 3.76. The average molecular weight is 324 g/mol. The number of carboxylic acid groups (broad SMARTS) is 1. The third kappa shape index (κ3) is 2.14. The fourth-order valence-electron chi connectivity index (χ4n) is 4.15. The van der Waals surface area contributed by atoms with E-state index in [1.165, 1.54) is 0 Å². The molecule has 1 aromatic heterocycles. The second-order valence-corrected chi connectivity index (χ2v) is 7.70. The van der Waals surface area contributed by atoms with Gasteiger partial charge in [0, 0.05) is 25.6 Å². The summed E-state index contributed by atoms with van der Waals surface area (Å²) in [5.74, 6) is 0.513. The largest absolute Gasteiger partial charge is 0.465 e. The molecule has 2 saturated heterocycles. The third-order valence-electron chi connectivity index (χ3n) is 5.33. The molecule has 2 aliphatic heterocycles. The molecule has 1 aromatic rings. The van der Waals surface area contributed by atoms with Crippen LogP contribution in [0.25, 0.3) is 0 Å². The van der Waals surface area contributed by atoms with Gasteiger partial charge >= 0.3 is 6.09 Å². The summed E-state index contributed by atoms with van der Waals surface area (Å²) in [6.45, 7) is 8.71. The number of amides is 1. The molecule has 1 amide bonds. The van der Waals surface area contributed by atoms with Crippen LogP contribution in [0, 0.1) is 11.3 Å². The highest BCUT2D eigenvalue weighted by Crippen LogP contribution is 2.54. The van der Waals surface area contributed by atoms with Crippen molar-refractivity contribution in [3.63, 3.8) is 0 Å². The molecule has 0 unspecified atom stereocenters. The Hall–Kier alpha value is -1.49. The van der Waals surface area contributed by atoms with E-state index in [1.54, 1.807) is 17.2 Å². The number of hydrogen-bond donors (Lipinski definition) is 1. The summed E-state index contributed by atoms with van der Waals surface area (Å²) in [7, 11) is 0. The minimum atomic E-state index is -0.830. The molecule has 2 atom stereocenters. The summed E-state index contributed by atoms with van der Waals surface area (Å²) >= 11 is 5.89. The van der Waals surface area contributed by atoms with Crippen molar-refractivity contribution in [3.05, 3.63) is 23.5 Å². The number of carbonyl (C=O) groups is 1. The number of pyridine rings is 1. The van der Waals surface area contributed by atoms with Crippen molar-refractivity contribution in [2.45, 2.75) is 32.7 Å². The predicted molar refractivity (Wildman–Crippen MR) is 86.5 cm³/mol.